The van der Waals surface area contributed by atoms with Crippen LogP contribution in [-0.2, 0) is 4.79 Å². The second kappa shape index (κ2) is 5.73. The predicted molar refractivity (Wildman–Crippen MR) is 77.5 cm³/mol. The van der Waals surface area contributed by atoms with Crippen molar-refractivity contribution in [3.63, 3.8) is 0 Å². The number of nitrogens with one attached hydrogen (secondary N) is 1. The Kier molecular flexibility index (Phi) is 4.39. The van der Waals surface area contributed by atoms with Gasteiger partial charge in [0.05, 0.1) is 11.9 Å². The van der Waals surface area contributed by atoms with Crippen LogP contribution in [0.25, 0.3) is 0 Å². The SMILES string of the molecule is CC(C)n1cnnc1SCC(=O)NC1CC(O)C1(C)C. The summed E-state index contributed by atoms with van der Waals surface area (Å²) in [6.07, 6.45) is 1.98. The normalized spacial score (nSPS) is 24.5. The number of amides is 1. The Hall–Kier alpha value is -1.08. The van der Waals surface area contributed by atoms with E-state index in [9.17, 15) is 9.90 Å². The molecular weight excluding hydrogens is 276 g/mol. The quantitative estimate of drug-likeness (QED) is 0.799. The Bertz CT molecular complexity index is 486. The number of thioether (sulfide) groups is 1. The van der Waals surface area contributed by atoms with E-state index in [4.69, 9.17) is 0 Å². The molecule has 2 unspecified atom stereocenters. The molecule has 6 nitrogen and oxygen atoms in total. The van der Waals surface area contributed by atoms with Gasteiger partial charge in [0.1, 0.15) is 6.33 Å². The van der Waals surface area contributed by atoms with E-state index in [1.807, 2.05) is 32.3 Å². The Morgan fingerprint density at radius 3 is 2.90 bits per heavy atom. The van der Waals surface area contributed by atoms with Crippen molar-refractivity contribution < 1.29 is 9.90 Å². The predicted octanol–water partition coefficient (Wildman–Crippen LogP) is 1.23. The molecule has 0 aliphatic heterocycles. The summed E-state index contributed by atoms with van der Waals surface area (Å²) in [5.74, 6) is 0.284. The van der Waals surface area contributed by atoms with Gasteiger partial charge in [0.2, 0.25) is 5.91 Å². The van der Waals surface area contributed by atoms with Crippen LogP contribution in [0.15, 0.2) is 11.5 Å². The van der Waals surface area contributed by atoms with Gasteiger partial charge in [-0.3, -0.25) is 4.79 Å². The molecule has 1 amide bonds. The second-order valence-electron chi connectivity index (χ2n) is 6.10. The summed E-state index contributed by atoms with van der Waals surface area (Å²) in [6.45, 7) is 8.03. The highest BCUT2D eigenvalue weighted by molar-refractivity contribution is 7.99. The molecule has 20 heavy (non-hydrogen) atoms. The molecule has 1 aliphatic rings. The summed E-state index contributed by atoms with van der Waals surface area (Å²) in [4.78, 5) is 11.9. The van der Waals surface area contributed by atoms with E-state index in [1.165, 1.54) is 11.8 Å². The van der Waals surface area contributed by atoms with Crippen molar-refractivity contribution >= 4 is 17.7 Å². The fourth-order valence-corrected chi connectivity index (χ4v) is 3.06. The first-order valence-electron chi connectivity index (χ1n) is 6.82. The third-order valence-corrected chi connectivity index (χ3v) is 4.94. The summed E-state index contributed by atoms with van der Waals surface area (Å²) >= 11 is 1.38. The fourth-order valence-electron chi connectivity index (χ4n) is 2.20. The largest absolute Gasteiger partial charge is 0.392 e. The molecule has 1 aromatic heterocycles. The summed E-state index contributed by atoms with van der Waals surface area (Å²) < 4.78 is 1.94. The van der Waals surface area contributed by atoms with Crippen LogP contribution in [0.2, 0.25) is 0 Å². The minimum absolute atomic E-state index is 0.0294. The minimum atomic E-state index is -0.329. The van der Waals surface area contributed by atoms with Gasteiger partial charge < -0.3 is 15.0 Å². The molecule has 1 aliphatic carbocycles. The molecule has 1 heterocycles. The highest BCUT2D eigenvalue weighted by Crippen LogP contribution is 2.40. The van der Waals surface area contributed by atoms with Crippen LogP contribution < -0.4 is 5.32 Å². The fraction of sp³-hybridized carbons (Fsp3) is 0.769. The summed E-state index contributed by atoms with van der Waals surface area (Å²) in [7, 11) is 0. The van der Waals surface area contributed by atoms with Gasteiger partial charge in [-0.2, -0.15) is 0 Å². The van der Waals surface area contributed by atoms with Gasteiger partial charge in [0, 0.05) is 17.5 Å². The van der Waals surface area contributed by atoms with Crippen molar-refractivity contribution in [3.05, 3.63) is 6.33 Å². The number of aromatic nitrogens is 3. The Morgan fingerprint density at radius 2 is 2.35 bits per heavy atom. The molecule has 0 bridgehead atoms. The first kappa shape index (κ1) is 15.3. The third-order valence-electron chi connectivity index (χ3n) is 3.98. The zero-order valence-electron chi connectivity index (χ0n) is 12.3. The van der Waals surface area contributed by atoms with Crippen molar-refractivity contribution in [2.45, 2.75) is 57.5 Å². The molecule has 1 aromatic rings. The molecule has 2 atom stereocenters. The van der Waals surface area contributed by atoms with Crippen LogP contribution in [-0.4, -0.2) is 43.7 Å². The second-order valence-corrected chi connectivity index (χ2v) is 7.04. The van der Waals surface area contributed by atoms with Gasteiger partial charge in [-0.15, -0.1) is 10.2 Å². The number of nitrogens with zero attached hydrogens (tertiary/aromatic N) is 3. The third kappa shape index (κ3) is 2.98. The van der Waals surface area contributed by atoms with E-state index in [1.54, 1.807) is 6.33 Å². The molecule has 0 radical (unpaired) electrons. The average Bonchev–Trinajstić information content (AvgIpc) is 2.84. The van der Waals surface area contributed by atoms with Crippen LogP contribution in [0.1, 0.15) is 40.2 Å². The molecule has 1 fully saturated rings. The number of carbonyl (C=O) groups excluding carboxylic acids is 1. The first-order chi connectivity index (χ1) is 9.32. The lowest BCUT2D eigenvalue weighted by molar-refractivity contribution is -0.126. The zero-order valence-corrected chi connectivity index (χ0v) is 13.1. The average molecular weight is 298 g/mol. The molecule has 2 rings (SSSR count). The molecular formula is C13H22N4O2S. The molecule has 0 saturated heterocycles. The van der Waals surface area contributed by atoms with Crippen LogP contribution in [0, 0.1) is 5.41 Å². The van der Waals surface area contributed by atoms with E-state index < -0.39 is 0 Å². The lowest BCUT2D eigenvalue weighted by atomic mass is 9.64. The first-order valence-corrected chi connectivity index (χ1v) is 7.80. The topological polar surface area (TPSA) is 80.0 Å². The molecule has 112 valence electrons. The molecule has 0 spiro atoms. The van der Waals surface area contributed by atoms with E-state index in [0.717, 1.165) is 5.16 Å². The molecule has 1 saturated carbocycles. The summed E-state index contributed by atoms with van der Waals surface area (Å²) in [5.41, 5.74) is -0.238. The number of hydrogen-bond donors (Lipinski definition) is 2. The number of rotatable bonds is 5. The molecule has 7 heteroatoms. The van der Waals surface area contributed by atoms with Crippen molar-refractivity contribution in [2.75, 3.05) is 5.75 Å². The van der Waals surface area contributed by atoms with Gasteiger partial charge >= 0.3 is 0 Å². The Morgan fingerprint density at radius 1 is 1.65 bits per heavy atom. The van der Waals surface area contributed by atoms with Crippen LogP contribution in [0.5, 0.6) is 0 Å². The van der Waals surface area contributed by atoms with Gasteiger partial charge in [-0.1, -0.05) is 25.6 Å². The Balaban J connectivity index is 1.83. The van der Waals surface area contributed by atoms with Gasteiger partial charge in [0.15, 0.2) is 5.16 Å². The van der Waals surface area contributed by atoms with Gasteiger partial charge in [-0.25, -0.2) is 0 Å². The van der Waals surface area contributed by atoms with E-state index in [-0.39, 0.29) is 29.5 Å². The van der Waals surface area contributed by atoms with Crippen LogP contribution in [0.3, 0.4) is 0 Å². The smallest absolute Gasteiger partial charge is 0.230 e. The molecule has 2 N–H and O–H groups in total. The minimum Gasteiger partial charge on any atom is -0.392 e. The highest BCUT2D eigenvalue weighted by Gasteiger charge is 2.47. The number of aliphatic hydroxyl groups excluding tert-OH is 1. The number of aliphatic hydroxyl groups is 1. The van der Waals surface area contributed by atoms with Crippen molar-refractivity contribution in [3.8, 4) is 0 Å². The van der Waals surface area contributed by atoms with Crippen molar-refractivity contribution in [2.24, 2.45) is 5.41 Å². The van der Waals surface area contributed by atoms with E-state index in [2.05, 4.69) is 15.5 Å². The monoisotopic (exact) mass is 298 g/mol. The Labute approximate surface area is 123 Å². The maximum atomic E-state index is 11.9. The lowest BCUT2D eigenvalue weighted by Gasteiger charge is -2.49. The molecule has 0 aromatic carbocycles. The van der Waals surface area contributed by atoms with Crippen molar-refractivity contribution in [1.82, 2.24) is 20.1 Å². The van der Waals surface area contributed by atoms with Gasteiger partial charge in [0.25, 0.3) is 0 Å². The maximum Gasteiger partial charge on any atom is 0.230 e. The van der Waals surface area contributed by atoms with Crippen LogP contribution >= 0.6 is 11.8 Å². The van der Waals surface area contributed by atoms with E-state index >= 15 is 0 Å². The maximum absolute atomic E-state index is 11.9. The summed E-state index contributed by atoms with van der Waals surface area (Å²) in [6, 6.07) is 0.324. The lowest BCUT2D eigenvalue weighted by Crippen LogP contribution is -2.61. The zero-order chi connectivity index (χ0) is 14.9. The van der Waals surface area contributed by atoms with Crippen molar-refractivity contribution in [1.29, 1.82) is 0 Å². The summed E-state index contributed by atoms with van der Waals surface area (Å²) in [5, 5.41) is 21.3. The number of hydrogen-bond acceptors (Lipinski definition) is 5. The van der Waals surface area contributed by atoms with E-state index in [0.29, 0.717) is 12.2 Å². The number of carbonyl (C=O) groups is 1. The highest BCUT2D eigenvalue weighted by atomic mass is 32.2. The van der Waals surface area contributed by atoms with Gasteiger partial charge in [-0.05, 0) is 20.3 Å². The van der Waals surface area contributed by atoms with Crippen LogP contribution in [0.4, 0.5) is 0 Å². The standard InChI is InChI=1S/C13H22N4O2S/c1-8(2)17-7-14-16-12(17)20-6-11(19)15-9-5-10(18)13(9,3)4/h7-10,18H,5-6H2,1-4H3,(H,15,19).